The zero-order chi connectivity index (χ0) is 36.2. The minimum absolute atomic E-state index is 0.0564. The van der Waals surface area contributed by atoms with Gasteiger partial charge in [-0.1, -0.05) is 159 Å². The molecule has 1 nitrogen and oxygen atoms in total. The summed E-state index contributed by atoms with van der Waals surface area (Å²) in [6.07, 6.45) is 2.36. The summed E-state index contributed by atoms with van der Waals surface area (Å²) in [5.74, 6) is 0. The first-order chi connectivity index (χ1) is 26.5. The van der Waals surface area contributed by atoms with Crippen molar-refractivity contribution in [1.29, 1.82) is 0 Å². The molecule has 0 aromatic heterocycles. The summed E-state index contributed by atoms with van der Waals surface area (Å²) >= 11 is 0. The van der Waals surface area contributed by atoms with Gasteiger partial charge in [-0.2, -0.15) is 0 Å². The van der Waals surface area contributed by atoms with Crippen molar-refractivity contribution in [1.82, 2.24) is 0 Å². The molecule has 1 aliphatic rings. The van der Waals surface area contributed by atoms with E-state index in [4.69, 9.17) is 0 Å². The van der Waals surface area contributed by atoms with Crippen LogP contribution in [0.15, 0.2) is 194 Å². The van der Waals surface area contributed by atoms with Crippen LogP contribution >= 0.6 is 0 Å². The Hall–Kier alpha value is -6.70. The van der Waals surface area contributed by atoms with Crippen molar-refractivity contribution in [3.05, 3.63) is 211 Å². The number of nitrogens with zero attached hydrogens (tertiary/aromatic N) is 1. The minimum atomic E-state index is -0.0564. The van der Waals surface area contributed by atoms with Gasteiger partial charge in [0.15, 0.2) is 0 Å². The molecule has 0 saturated heterocycles. The summed E-state index contributed by atoms with van der Waals surface area (Å²) in [4.78, 5) is 2.37. The van der Waals surface area contributed by atoms with Crippen LogP contribution in [0.2, 0.25) is 0 Å². The van der Waals surface area contributed by atoms with Gasteiger partial charge in [0.05, 0.1) is 0 Å². The molecule has 0 aliphatic heterocycles. The average molecular weight is 690 g/mol. The number of benzene rings is 9. The fourth-order valence-corrected chi connectivity index (χ4v) is 8.61. The van der Waals surface area contributed by atoms with Crippen molar-refractivity contribution in [2.75, 3.05) is 4.90 Å². The lowest BCUT2D eigenvalue weighted by atomic mass is 9.78. The molecule has 10 rings (SSSR count). The van der Waals surface area contributed by atoms with Crippen LogP contribution in [0, 0.1) is 0 Å². The molecule has 0 unspecified atom stereocenters. The maximum Gasteiger partial charge on any atom is 0.0462 e. The highest BCUT2D eigenvalue weighted by molar-refractivity contribution is 6.13. The Bertz CT molecular complexity index is 2880. The first kappa shape index (κ1) is 32.0. The molecule has 0 spiro atoms. The van der Waals surface area contributed by atoms with Gasteiger partial charge in [-0.25, -0.2) is 0 Å². The Morgan fingerprint density at radius 3 is 1.57 bits per heavy atom. The lowest BCUT2D eigenvalue weighted by Crippen LogP contribution is -2.16. The van der Waals surface area contributed by atoms with Gasteiger partial charge in [0.25, 0.3) is 0 Å². The smallest absolute Gasteiger partial charge is 0.0462 e. The maximum absolute atomic E-state index is 2.37. The van der Waals surface area contributed by atoms with E-state index in [1.54, 1.807) is 0 Å². The van der Waals surface area contributed by atoms with Crippen LogP contribution in [0.1, 0.15) is 30.5 Å². The second-order valence-corrected chi connectivity index (χ2v) is 15.0. The van der Waals surface area contributed by atoms with Crippen LogP contribution in [0.4, 0.5) is 17.1 Å². The molecule has 9 aromatic carbocycles. The van der Waals surface area contributed by atoms with Crippen LogP contribution in [-0.2, 0) is 5.41 Å². The van der Waals surface area contributed by atoms with Gasteiger partial charge in [-0.15, -0.1) is 0 Å². The Morgan fingerprint density at radius 1 is 0.370 bits per heavy atom. The van der Waals surface area contributed by atoms with Crippen LogP contribution < -0.4 is 4.90 Å². The number of allylic oxidation sites excluding steroid dienone is 1. The van der Waals surface area contributed by atoms with Crippen molar-refractivity contribution in [3.8, 4) is 22.3 Å². The lowest BCUT2D eigenvalue weighted by molar-refractivity contribution is 0.704. The summed E-state index contributed by atoms with van der Waals surface area (Å²) in [5, 5.41) is 7.61. The predicted octanol–water partition coefficient (Wildman–Crippen LogP) is 14.8. The summed E-state index contributed by atoms with van der Waals surface area (Å²) in [6, 6.07) is 71.1. The Morgan fingerprint density at radius 2 is 0.889 bits per heavy atom. The molecule has 0 radical (unpaired) electrons. The van der Waals surface area contributed by atoms with Crippen molar-refractivity contribution in [2.24, 2.45) is 0 Å². The fraction of sp³-hybridized carbons (Fsp3) is 0.0566. The zero-order valence-electron chi connectivity index (χ0n) is 30.5. The van der Waals surface area contributed by atoms with E-state index in [0.717, 1.165) is 17.1 Å². The fourth-order valence-electron chi connectivity index (χ4n) is 8.61. The molecule has 0 amide bonds. The van der Waals surface area contributed by atoms with Gasteiger partial charge >= 0.3 is 0 Å². The number of hydrogen-bond acceptors (Lipinski definition) is 1. The summed E-state index contributed by atoms with van der Waals surface area (Å²) in [5.41, 5.74) is 13.5. The van der Waals surface area contributed by atoms with Crippen LogP contribution in [0.5, 0.6) is 0 Å². The maximum atomic E-state index is 2.37. The van der Waals surface area contributed by atoms with E-state index in [-0.39, 0.29) is 5.41 Å². The number of fused-ring (bicyclic) bond motifs is 5. The van der Waals surface area contributed by atoms with Crippen molar-refractivity contribution in [2.45, 2.75) is 19.3 Å². The molecular formula is C53H39N. The standard InChI is InChI=1S/C53H39N/c1-53(2)51-18-10-6-14-43(51)35-52(53)39-25-31-46(32-26-39)54(44-27-21-37(22-28-44)41-20-19-36-11-3-4-12-40(36)33-41)45-29-23-38(24-30-45)50-34-42-13-5-7-15-47(42)48-16-8-9-17-49(48)50/h3-35H,1-2H3. The molecule has 0 saturated carbocycles. The first-order valence-electron chi connectivity index (χ1n) is 18.8. The lowest BCUT2D eigenvalue weighted by Gasteiger charge is -2.28. The van der Waals surface area contributed by atoms with Crippen LogP contribution in [0.3, 0.4) is 0 Å². The van der Waals surface area contributed by atoms with Crippen molar-refractivity contribution >= 4 is 61.0 Å². The highest BCUT2D eigenvalue weighted by Gasteiger charge is 2.33. The quantitative estimate of drug-likeness (QED) is 0.157. The SMILES string of the molecule is CC1(C)C(c2ccc(N(c3ccc(-c4ccc5ccccc5c4)cc3)c3ccc(-c4cc5ccccc5c5ccccc45)cc3)cc2)=Cc2ccccc21. The molecule has 9 aromatic rings. The Labute approximate surface area is 317 Å². The molecule has 1 aliphatic carbocycles. The minimum Gasteiger partial charge on any atom is -0.311 e. The Balaban J connectivity index is 1.05. The van der Waals surface area contributed by atoms with E-state index in [2.05, 4.69) is 219 Å². The van der Waals surface area contributed by atoms with Crippen molar-refractivity contribution in [3.63, 3.8) is 0 Å². The van der Waals surface area contributed by atoms with E-state index < -0.39 is 0 Å². The Kier molecular flexibility index (Phi) is 7.56. The number of rotatable bonds is 6. The molecule has 0 atom stereocenters. The molecule has 1 heteroatoms. The molecule has 0 bridgehead atoms. The van der Waals surface area contributed by atoms with Gasteiger partial charge in [0.2, 0.25) is 0 Å². The highest BCUT2D eigenvalue weighted by atomic mass is 15.1. The molecule has 0 heterocycles. The zero-order valence-corrected chi connectivity index (χ0v) is 30.5. The predicted molar refractivity (Wildman–Crippen MR) is 232 cm³/mol. The second kappa shape index (κ2) is 12.8. The number of hydrogen-bond donors (Lipinski definition) is 0. The van der Waals surface area contributed by atoms with Gasteiger partial charge < -0.3 is 4.90 Å². The summed E-state index contributed by atoms with van der Waals surface area (Å²) in [6.45, 7) is 4.67. The van der Waals surface area contributed by atoms with E-state index in [9.17, 15) is 0 Å². The van der Waals surface area contributed by atoms with E-state index in [0.29, 0.717) is 0 Å². The molecule has 54 heavy (non-hydrogen) atoms. The normalized spacial score (nSPS) is 13.3. The average Bonchev–Trinajstić information content (AvgIpc) is 3.51. The van der Waals surface area contributed by atoms with Crippen molar-refractivity contribution < 1.29 is 0 Å². The molecule has 0 N–H and O–H groups in total. The van der Waals surface area contributed by atoms with E-state index in [1.807, 2.05) is 0 Å². The summed E-state index contributed by atoms with van der Waals surface area (Å²) in [7, 11) is 0. The van der Waals surface area contributed by atoms with Gasteiger partial charge in [-0.05, 0) is 131 Å². The van der Waals surface area contributed by atoms with Crippen LogP contribution in [0.25, 0.3) is 66.2 Å². The first-order valence-corrected chi connectivity index (χ1v) is 18.8. The monoisotopic (exact) mass is 689 g/mol. The third-order valence-corrected chi connectivity index (χ3v) is 11.5. The molecule has 0 fully saturated rings. The third-order valence-electron chi connectivity index (χ3n) is 11.5. The largest absolute Gasteiger partial charge is 0.311 e. The van der Waals surface area contributed by atoms with Crippen LogP contribution in [-0.4, -0.2) is 0 Å². The molecule has 256 valence electrons. The summed E-state index contributed by atoms with van der Waals surface area (Å²) < 4.78 is 0. The highest BCUT2D eigenvalue weighted by Crippen LogP contribution is 2.47. The van der Waals surface area contributed by atoms with Gasteiger partial charge in [-0.3, -0.25) is 0 Å². The topological polar surface area (TPSA) is 3.24 Å². The van der Waals surface area contributed by atoms with E-state index in [1.165, 1.54) is 76.8 Å². The van der Waals surface area contributed by atoms with E-state index >= 15 is 0 Å². The van der Waals surface area contributed by atoms with Gasteiger partial charge in [0.1, 0.15) is 0 Å². The number of anilines is 3. The molecular weight excluding hydrogens is 651 g/mol. The second-order valence-electron chi connectivity index (χ2n) is 15.0. The third kappa shape index (κ3) is 5.40. The van der Waals surface area contributed by atoms with Gasteiger partial charge in [0, 0.05) is 22.5 Å².